The molecule has 0 bridgehead atoms. The van der Waals surface area contributed by atoms with Crippen molar-refractivity contribution in [3.05, 3.63) is 39.4 Å². The zero-order valence-electron chi connectivity index (χ0n) is 12.9. The van der Waals surface area contributed by atoms with Gasteiger partial charge in [-0.2, -0.15) is 9.78 Å². The zero-order chi connectivity index (χ0) is 16.4. The topological polar surface area (TPSA) is 101 Å². The minimum absolute atomic E-state index is 0.143. The monoisotopic (exact) mass is 321 g/mol. The maximum absolute atomic E-state index is 12.1. The molecule has 10 heteroatoms. The lowest BCUT2D eigenvalue weighted by molar-refractivity contribution is 0.301. The molecule has 0 spiro atoms. The molecule has 22 heavy (non-hydrogen) atoms. The third-order valence-corrected chi connectivity index (χ3v) is 3.67. The third kappa shape index (κ3) is 2.60. The van der Waals surface area contributed by atoms with Gasteiger partial charge in [-0.25, -0.2) is 9.78 Å². The van der Waals surface area contributed by atoms with E-state index in [1.54, 1.807) is 11.6 Å². The SMILES string of the molecule is [3H]c1csc(OCc2c(CC)cnnc2-n2nnn(C)c2=O)n1. The summed E-state index contributed by atoms with van der Waals surface area (Å²) in [5.41, 5.74) is 1.15. The summed E-state index contributed by atoms with van der Waals surface area (Å²) in [6, 6.07) is 0. The molecule has 0 saturated carbocycles. The summed E-state index contributed by atoms with van der Waals surface area (Å²) in [7, 11) is 1.50. The summed E-state index contributed by atoms with van der Waals surface area (Å²) in [4.78, 5) is 16.0. The quantitative estimate of drug-likeness (QED) is 0.668. The molecule has 0 radical (unpaired) electrons. The van der Waals surface area contributed by atoms with Crippen LogP contribution in [0.15, 0.2) is 22.5 Å². The Bertz CT molecular complexity index is 888. The molecule has 0 fully saturated rings. The van der Waals surface area contributed by atoms with Gasteiger partial charge in [0.1, 0.15) is 6.61 Å². The summed E-state index contributed by atoms with van der Waals surface area (Å²) in [5.74, 6) is 0.283. The molecule has 0 saturated heterocycles. The van der Waals surface area contributed by atoms with Crippen LogP contribution >= 0.6 is 11.3 Å². The molecular weight excluding hydrogens is 306 g/mol. The van der Waals surface area contributed by atoms with E-state index in [4.69, 9.17) is 6.11 Å². The highest BCUT2D eigenvalue weighted by Crippen LogP contribution is 2.20. The Labute approximate surface area is 130 Å². The molecule has 0 atom stereocenters. The molecule has 0 aliphatic heterocycles. The normalized spacial score (nSPS) is 11.5. The highest BCUT2D eigenvalue weighted by Gasteiger charge is 2.17. The first-order valence-electron chi connectivity index (χ1n) is 6.98. The average Bonchev–Trinajstić information content (AvgIpc) is 3.11. The predicted molar refractivity (Wildman–Crippen MR) is 78.0 cm³/mol. The van der Waals surface area contributed by atoms with Gasteiger partial charge in [-0.15, -0.1) is 9.78 Å². The van der Waals surface area contributed by atoms with E-state index >= 15 is 0 Å². The maximum Gasteiger partial charge on any atom is 0.369 e. The van der Waals surface area contributed by atoms with Crippen LogP contribution in [0.4, 0.5) is 0 Å². The molecule has 3 rings (SSSR count). The highest BCUT2D eigenvalue weighted by atomic mass is 32.1. The molecule has 0 unspecified atom stereocenters. The van der Waals surface area contributed by atoms with E-state index in [9.17, 15) is 4.79 Å². The lowest BCUT2D eigenvalue weighted by atomic mass is 10.1. The molecule has 3 heterocycles. The Hall–Kier alpha value is -2.62. The standard InChI is InChI=1S/C12H13N7O2S/c1-3-8-6-14-15-10(19-12(20)18(2)16-17-19)9(8)7-21-11-13-4-5-22-11/h4-6H,3,7H2,1-2H3/i4T. The number of aryl methyl sites for hydroxylation is 2. The average molecular weight is 321 g/mol. The number of hydrogen-bond donors (Lipinski definition) is 0. The van der Waals surface area contributed by atoms with Gasteiger partial charge in [0.05, 0.1) is 7.57 Å². The van der Waals surface area contributed by atoms with Crippen molar-refractivity contribution in [2.24, 2.45) is 7.05 Å². The van der Waals surface area contributed by atoms with Gasteiger partial charge in [0.2, 0.25) is 0 Å². The van der Waals surface area contributed by atoms with Gasteiger partial charge in [-0.05, 0) is 22.4 Å². The predicted octanol–water partition coefficient (Wildman–Crippen LogP) is 0.354. The summed E-state index contributed by atoms with van der Waals surface area (Å²) in [5, 5.41) is 17.4. The zero-order valence-corrected chi connectivity index (χ0v) is 12.7. The first-order valence-corrected chi connectivity index (χ1v) is 7.36. The summed E-state index contributed by atoms with van der Waals surface area (Å²) in [6.45, 7) is 2.11. The van der Waals surface area contributed by atoms with E-state index in [0.29, 0.717) is 17.2 Å². The molecule has 114 valence electrons. The lowest BCUT2D eigenvalue weighted by Gasteiger charge is -2.10. The Morgan fingerprint density at radius 2 is 2.32 bits per heavy atom. The Morgan fingerprint density at radius 1 is 1.45 bits per heavy atom. The summed E-state index contributed by atoms with van der Waals surface area (Å²) in [6.07, 6.45) is 2.47. The van der Waals surface area contributed by atoms with E-state index in [2.05, 4.69) is 25.6 Å². The van der Waals surface area contributed by atoms with Crippen LogP contribution in [0.5, 0.6) is 5.19 Å². The second kappa shape index (κ2) is 6.02. The lowest BCUT2D eigenvalue weighted by Crippen LogP contribution is -2.25. The van der Waals surface area contributed by atoms with E-state index < -0.39 is 5.69 Å². The van der Waals surface area contributed by atoms with Gasteiger partial charge < -0.3 is 4.74 Å². The number of rotatable bonds is 5. The molecule has 0 aliphatic carbocycles. The van der Waals surface area contributed by atoms with Crippen molar-refractivity contribution in [3.63, 3.8) is 0 Å². The fourth-order valence-electron chi connectivity index (χ4n) is 1.90. The molecule has 9 nitrogen and oxygen atoms in total. The minimum atomic E-state index is -0.420. The first kappa shape index (κ1) is 13.1. The fraction of sp³-hybridized carbons (Fsp3) is 0.333. The smallest absolute Gasteiger partial charge is 0.369 e. The second-order valence-corrected chi connectivity index (χ2v) is 5.17. The molecule has 0 N–H and O–H groups in total. The van der Waals surface area contributed by atoms with Gasteiger partial charge in [0, 0.05) is 24.2 Å². The number of ether oxygens (including phenoxy) is 1. The van der Waals surface area contributed by atoms with Crippen LogP contribution in [0.25, 0.3) is 5.82 Å². The largest absolute Gasteiger partial charge is 0.465 e. The number of hydrogen-bond acceptors (Lipinski definition) is 8. The summed E-state index contributed by atoms with van der Waals surface area (Å²) < 4.78 is 15.2. The Balaban J connectivity index is 2.00. The van der Waals surface area contributed by atoms with Crippen molar-refractivity contribution in [1.82, 2.24) is 35.0 Å². The van der Waals surface area contributed by atoms with Gasteiger partial charge in [0.15, 0.2) is 5.82 Å². The van der Waals surface area contributed by atoms with Crippen LogP contribution in [0, 0.1) is 0 Å². The van der Waals surface area contributed by atoms with Crippen molar-refractivity contribution in [1.29, 1.82) is 0 Å². The van der Waals surface area contributed by atoms with E-state index in [-0.39, 0.29) is 18.6 Å². The molecule has 0 aromatic carbocycles. The first-order chi connectivity index (χ1) is 11.1. The van der Waals surface area contributed by atoms with Crippen LogP contribution in [0.2, 0.25) is 0 Å². The van der Waals surface area contributed by atoms with Crippen molar-refractivity contribution in [2.45, 2.75) is 20.0 Å². The Kier molecular flexibility index (Phi) is 3.57. The van der Waals surface area contributed by atoms with Crippen molar-refractivity contribution in [3.8, 4) is 11.0 Å². The number of nitrogens with zero attached hydrogens (tertiary/aromatic N) is 7. The van der Waals surface area contributed by atoms with Gasteiger partial charge >= 0.3 is 5.69 Å². The van der Waals surface area contributed by atoms with Crippen LogP contribution < -0.4 is 10.4 Å². The van der Waals surface area contributed by atoms with Crippen molar-refractivity contribution in [2.75, 3.05) is 0 Å². The number of thiazole rings is 1. The van der Waals surface area contributed by atoms with Crippen molar-refractivity contribution < 1.29 is 6.11 Å². The molecule has 0 amide bonds. The second-order valence-electron chi connectivity index (χ2n) is 4.35. The van der Waals surface area contributed by atoms with Crippen LogP contribution in [-0.4, -0.2) is 35.0 Å². The van der Waals surface area contributed by atoms with Crippen LogP contribution in [0.3, 0.4) is 0 Å². The van der Waals surface area contributed by atoms with E-state index in [1.165, 1.54) is 18.4 Å². The highest BCUT2D eigenvalue weighted by molar-refractivity contribution is 7.11. The van der Waals surface area contributed by atoms with Crippen molar-refractivity contribution >= 4 is 11.3 Å². The van der Waals surface area contributed by atoms with Gasteiger partial charge in [0.25, 0.3) is 5.19 Å². The number of aromatic nitrogens is 7. The van der Waals surface area contributed by atoms with Crippen LogP contribution in [0.1, 0.15) is 19.4 Å². The van der Waals surface area contributed by atoms with Gasteiger partial charge in [-0.3, -0.25) is 0 Å². The van der Waals surface area contributed by atoms with E-state index in [1.807, 2.05) is 6.92 Å². The minimum Gasteiger partial charge on any atom is -0.465 e. The molecule has 3 aromatic rings. The molecule has 0 aliphatic rings. The van der Waals surface area contributed by atoms with Crippen LogP contribution in [-0.2, 0) is 20.1 Å². The maximum atomic E-state index is 12.1. The fourth-order valence-corrected chi connectivity index (χ4v) is 2.33. The van der Waals surface area contributed by atoms with Gasteiger partial charge in [-0.1, -0.05) is 18.3 Å². The molecular formula is C12H13N7O2S. The number of tetrazole rings is 1. The van der Waals surface area contributed by atoms with E-state index in [0.717, 1.165) is 14.9 Å². The summed E-state index contributed by atoms with van der Waals surface area (Å²) >= 11 is 1.23. The molecule has 3 aromatic heterocycles. The Morgan fingerprint density at radius 3 is 2.95 bits per heavy atom. The third-order valence-electron chi connectivity index (χ3n) is 3.03.